The molecule has 6 nitrogen and oxygen atoms in total. The van der Waals surface area contributed by atoms with Gasteiger partial charge in [0.25, 0.3) is 5.91 Å². The van der Waals surface area contributed by atoms with Crippen LogP contribution < -0.4 is 5.32 Å². The van der Waals surface area contributed by atoms with Gasteiger partial charge in [0.15, 0.2) is 23.1 Å². The van der Waals surface area contributed by atoms with Gasteiger partial charge in [-0.25, -0.2) is 14.2 Å². The van der Waals surface area contributed by atoms with E-state index in [0.29, 0.717) is 26.8 Å². The van der Waals surface area contributed by atoms with E-state index in [1.165, 1.54) is 23.7 Å². The first kappa shape index (κ1) is 18.8. The molecule has 0 aliphatic heterocycles. The van der Waals surface area contributed by atoms with E-state index >= 15 is 0 Å². The number of hydrogen-bond donors (Lipinski definition) is 1. The number of ether oxygens (including phenoxy) is 1. The van der Waals surface area contributed by atoms with Crippen molar-refractivity contribution in [2.24, 2.45) is 0 Å². The number of aromatic nitrogens is 1. The summed E-state index contributed by atoms with van der Waals surface area (Å²) in [4.78, 5) is 28.9. The summed E-state index contributed by atoms with van der Waals surface area (Å²) in [7, 11) is 0. The second kappa shape index (κ2) is 8.13. The van der Waals surface area contributed by atoms with Crippen molar-refractivity contribution in [2.45, 2.75) is 20.4 Å². The van der Waals surface area contributed by atoms with E-state index in [4.69, 9.17) is 9.15 Å². The number of thiazole rings is 1. The van der Waals surface area contributed by atoms with E-state index < -0.39 is 18.5 Å². The first-order valence-electron chi connectivity index (χ1n) is 8.14. The number of benzene rings is 1. The summed E-state index contributed by atoms with van der Waals surface area (Å²) >= 11 is 1.30. The number of furan rings is 1. The molecule has 3 aromatic rings. The lowest BCUT2D eigenvalue weighted by atomic mass is 10.1. The molecule has 0 radical (unpaired) electrons. The zero-order valence-corrected chi connectivity index (χ0v) is 15.6. The van der Waals surface area contributed by atoms with Crippen molar-refractivity contribution in [3.05, 3.63) is 64.1 Å². The number of nitrogens with zero attached hydrogens (tertiary/aromatic N) is 1. The van der Waals surface area contributed by atoms with Crippen LogP contribution in [0, 0.1) is 19.7 Å². The summed E-state index contributed by atoms with van der Waals surface area (Å²) in [6, 6.07) is 8.19. The largest absolute Gasteiger partial charge is 0.462 e. The third-order valence-corrected chi connectivity index (χ3v) is 4.77. The number of nitrogens with one attached hydrogen (secondary N) is 1. The Morgan fingerprint density at radius 1 is 1.30 bits per heavy atom. The Hall–Kier alpha value is -3.00. The van der Waals surface area contributed by atoms with Crippen molar-refractivity contribution < 1.29 is 23.1 Å². The van der Waals surface area contributed by atoms with Gasteiger partial charge in [0.1, 0.15) is 5.82 Å². The van der Waals surface area contributed by atoms with Crippen molar-refractivity contribution in [1.82, 2.24) is 10.3 Å². The van der Waals surface area contributed by atoms with Crippen LogP contribution in [0.2, 0.25) is 0 Å². The Bertz CT molecular complexity index is 966. The average Bonchev–Trinajstić information content (AvgIpc) is 3.30. The van der Waals surface area contributed by atoms with Gasteiger partial charge in [0, 0.05) is 11.4 Å². The van der Waals surface area contributed by atoms with E-state index in [1.807, 2.05) is 0 Å². The smallest absolute Gasteiger partial charge is 0.358 e. The van der Waals surface area contributed by atoms with E-state index in [0.717, 1.165) is 0 Å². The first-order chi connectivity index (χ1) is 12.9. The van der Waals surface area contributed by atoms with Crippen LogP contribution in [0.4, 0.5) is 4.39 Å². The normalized spacial score (nSPS) is 10.6. The lowest BCUT2D eigenvalue weighted by Gasteiger charge is -2.07. The van der Waals surface area contributed by atoms with Crippen LogP contribution in [0.25, 0.3) is 10.8 Å². The van der Waals surface area contributed by atoms with E-state index in [-0.39, 0.29) is 18.1 Å². The minimum absolute atomic E-state index is 0.145. The summed E-state index contributed by atoms with van der Waals surface area (Å²) < 4.78 is 23.8. The number of carbonyl (C=O) groups is 2. The summed E-state index contributed by atoms with van der Waals surface area (Å²) in [5.74, 6) is -0.939. The number of esters is 1. The number of hydrogen-bond acceptors (Lipinski definition) is 6. The molecule has 2 heterocycles. The van der Waals surface area contributed by atoms with Crippen LogP contribution in [0.5, 0.6) is 0 Å². The Balaban J connectivity index is 1.53. The highest BCUT2D eigenvalue weighted by Gasteiger charge is 2.19. The number of amides is 1. The molecule has 0 fully saturated rings. The van der Waals surface area contributed by atoms with Crippen LogP contribution in [0.15, 0.2) is 41.0 Å². The fourth-order valence-electron chi connectivity index (χ4n) is 2.29. The van der Waals surface area contributed by atoms with Gasteiger partial charge in [-0.15, -0.1) is 11.3 Å². The zero-order chi connectivity index (χ0) is 19.4. The number of halogens is 1. The van der Waals surface area contributed by atoms with Gasteiger partial charge in [-0.05, 0) is 43.2 Å². The molecule has 0 aliphatic rings. The molecule has 0 saturated heterocycles. The minimum atomic E-state index is -0.682. The Morgan fingerprint density at radius 2 is 2.11 bits per heavy atom. The maximum Gasteiger partial charge on any atom is 0.358 e. The van der Waals surface area contributed by atoms with Crippen LogP contribution in [-0.2, 0) is 16.1 Å². The van der Waals surface area contributed by atoms with E-state index in [1.54, 1.807) is 38.1 Å². The SMILES string of the molecule is Cc1ccc(CNC(=O)COC(=O)c2nc(-c3ccco3)sc2C)cc1F. The fourth-order valence-corrected chi connectivity index (χ4v) is 3.16. The molecule has 0 unspecified atom stereocenters. The zero-order valence-electron chi connectivity index (χ0n) is 14.7. The highest BCUT2D eigenvalue weighted by atomic mass is 32.1. The quantitative estimate of drug-likeness (QED) is 0.652. The monoisotopic (exact) mass is 388 g/mol. The molecule has 2 aromatic heterocycles. The van der Waals surface area contributed by atoms with Gasteiger partial charge >= 0.3 is 5.97 Å². The van der Waals surface area contributed by atoms with E-state index in [2.05, 4.69) is 10.3 Å². The molecule has 0 bridgehead atoms. The Labute approximate surface area is 159 Å². The fraction of sp³-hybridized carbons (Fsp3) is 0.211. The number of rotatable bonds is 6. The van der Waals surface area contributed by atoms with Crippen molar-refractivity contribution in [2.75, 3.05) is 6.61 Å². The lowest BCUT2D eigenvalue weighted by molar-refractivity contribution is -0.124. The third kappa shape index (κ3) is 4.59. The van der Waals surface area contributed by atoms with Crippen LogP contribution in [-0.4, -0.2) is 23.5 Å². The molecule has 0 atom stereocenters. The van der Waals surface area contributed by atoms with Gasteiger partial charge < -0.3 is 14.5 Å². The Kier molecular flexibility index (Phi) is 5.66. The van der Waals surface area contributed by atoms with Gasteiger partial charge in [0.05, 0.1) is 6.26 Å². The van der Waals surface area contributed by atoms with Crippen molar-refractivity contribution >= 4 is 23.2 Å². The summed E-state index contributed by atoms with van der Waals surface area (Å²) in [5.41, 5.74) is 1.31. The average molecular weight is 388 g/mol. The maximum absolute atomic E-state index is 13.5. The molecule has 1 aromatic carbocycles. The minimum Gasteiger partial charge on any atom is -0.462 e. The molecule has 0 aliphatic carbocycles. The molecule has 27 heavy (non-hydrogen) atoms. The third-order valence-electron chi connectivity index (χ3n) is 3.78. The van der Waals surface area contributed by atoms with Crippen LogP contribution >= 0.6 is 11.3 Å². The summed E-state index contributed by atoms with van der Waals surface area (Å²) in [6.45, 7) is 3.10. The second-order valence-electron chi connectivity index (χ2n) is 5.84. The van der Waals surface area contributed by atoms with Crippen LogP contribution in [0.3, 0.4) is 0 Å². The molecule has 8 heteroatoms. The topological polar surface area (TPSA) is 81.4 Å². The lowest BCUT2D eigenvalue weighted by Crippen LogP contribution is -2.28. The molecular weight excluding hydrogens is 371 g/mol. The maximum atomic E-state index is 13.5. The van der Waals surface area contributed by atoms with Crippen molar-refractivity contribution in [3.63, 3.8) is 0 Å². The number of carbonyl (C=O) groups excluding carboxylic acids is 2. The number of aryl methyl sites for hydroxylation is 2. The van der Waals surface area contributed by atoms with Gasteiger partial charge in [-0.3, -0.25) is 4.79 Å². The van der Waals surface area contributed by atoms with E-state index in [9.17, 15) is 14.0 Å². The van der Waals surface area contributed by atoms with Gasteiger partial charge in [-0.1, -0.05) is 12.1 Å². The molecule has 140 valence electrons. The molecule has 3 rings (SSSR count). The first-order valence-corrected chi connectivity index (χ1v) is 8.96. The predicted octanol–water partition coefficient (Wildman–Crippen LogP) is 3.63. The highest BCUT2D eigenvalue weighted by molar-refractivity contribution is 7.15. The van der Waals surface area contributed by atoms with Gasteiger partial charge in [0.2, 0.25) is 0 Å². The Morgan fingerprint density at radius 3 is 2.81 bits per heavy atom. The summed E-state index contributed by atoms with van der Waals surface area (Å²) in [6.07, 6.45) is 1.52. The van der Waals surface area contributed by atoms with Crippen molar-refractivity contribution in [3.8, 4) is 10.8 Å². The second-order valence-corrected chi connectivity index (χ2v) is 7.04. The molecular formula is C19H17FN2O4S. The molecule has 0 saturated carbocycles. The standard InChI is InChI=1S/C19H17FN2O4S/c1-11-5-6-13(8-14(11)20)9-21-16(23)10-26-19(24)17-12(2)27-18(22-17)15-4-3-7-25-15/h3-8H,9-10H2,1-2H3,(H,21,23). The molecule has 1 amide bonds. The molecule has 1 N–H and O–H groups in total. The predicted molar refractivity (Wildman–Crippen MR) is 97.8 cm³/mol. The highest BCUT2D eigenvalue weighted by Crippen LogP contribution is 2.28. The van der Waals surface area contributed by atoms with Gasteiger partial charge in [-0.2, -0.15) is 0 Å². The molecule has 0 spiro atoms. The van der Waals surface area contributed by atoms with Crippen molar-refractivity contribution in [1.29, 1.82) is 0 Å². The van der Waals surface area contributed by atoms with Crippen LogP contribution in [0.1, 0.15) is 26.5 Å². The summed E-state index contributed by atoms with van der Waals surface area (Å²) in [5, 5.41) is 3.14.